The molecule has 0 unspecified atom stereocenters. The first-order valence-electron chi connectivity index (χ1n) is 18.0. The summed E-state index contributed by atoms with van der Waals surface area (Å²) >= 11 is 0. The molecule has 5 nitrogen and oxygen atoms in total. The molecule has 250 valence electrons. The van der Waals surface area contributed by atoms with Gasteiger partial charge in [0.25, 0.3) is 0 Å². The fourth-order valence-corrected chi connectivity index (χ4v) is 8.66. The third-order valence-corrected chi connectivity index (χ3v) is 11.0. The zero-order chi connectivity index (χ0) is 35.3. The zero-order valence-corrected chi connectivity index (χ0v) is 29.2. The van der Waals surface area contributed by atoms with E-state index in [-0.39, 0.29) is 5.41 Å². The standard InChI is InChI=1S/C48H32N4O/c1-48(2)37-22-12-9-19-31(37)33-25-26-34-32-20-10-13-23-38(32)52(43(34)42(33)48)39-28-27-36(44-41(39)35-21-11-14-24-40(35)53-44)47-50-45(29-15-5-3-6-16-29)49-46(51-47)30-17-7-4-8-18-30/h3-28H,1-2H3. The molecular formula is C48H32N4O. The Morgan fingerprint density at radius 2 is 1.09 bits per heavy atom. The molecule has 10 aromatic rings. The van der Waals surface area contributed by atoms with Crippen LogP contribution in [-0.2, 0) is 5.41 Å². The van der Waals surface area contributed by atoms with Crippen LogP contribution in [0.1, 0.15) is 25.0 Å². The van der Waals surface area contributed by atoms with Crippen LogP contribution in [0.15, 0.2) is 162 Å². The van der Waals surface area contributed by atoms with E-state index in [0.29, 0.717) is 17.5 Å². The molecule has 11 rings (SSSR count). The summed E-state index contributed by atoms with van der Waals surface area (Å²) < 4.78 is 9.34. The van der Waals surface area contributed by atoms with Crippen molar-refractivity contribution in [2.45, 2.75) is 19.3 Å². The molecule has 0 saturated heterocycles. The van der Waals surface area contributed by atoms with Crippen LogP contribution in [0.4, 0.5) is 0 Å². The van der Waals surface area contributed by atoms with Gasteiger partial charge in [-0.2, -0.15) is 0 Å². The minimum atomic E-state index is -0.207. The van der Waals surface area contributed by atoms with Gasteiger partial charge in [-0.05, 0) is 46.5 Å². The lowest BCUT2D eigenvalue weighted by molar-refractivity contribution is 0.664. The van der Waals surface area contributed by atoms with Crippen molar-refractivity contribution >= 4 is 43.7 Å². The Hall–Kier alpha value is -6.85. The highest BCUT2D eigenvalue weighted by atomic mass is 16.3. The van der Waals surface area contributed by atoms with Gasteiger partial charge in [-0.1, -0.05) is 147 Å². The third kappa shape index (κ3) is 4.28. The van der Waals surface area contributed by atoms with Crippen LogP contribution in [0.3, 0.4) is 0 Å². The van der Waals surface area contributed by atoms with Crippen LogP contribution in [0, 0.1) is 0 Å². The van der Waals surface area contributed by atoms with Crippen molar-refractivity contribution < 1.29 is 4.42 Å². The van der Waals surface area contributed by atoms with Crippen LogP contribution in [0.2, 0.25) is 0 Å². The molecule has 0 saturated carbocycles. The summed E-state index contributed by atoms with van der Waals surface area (Å²) in [6.45, 7) is 4.72. The highest BCUT2D eigenvalue weighted by Gasteiger charge is 2.38. The Kier molecular flexibility index (Phi) is 6.23. The molecular weight excluding hydrogens is 649 g/mol. The molecule has 0 aliphatic heterocycles. The Labute approximate surface area is 305 Å². The Morgan fingerprint density at radius 3 is 1.85 bits per heavy atom. The molecule has 0 spiro atoms. The monoisotopic (exact) mass is 680 g/mol. The summed E-state index contributed by atoms with van der Waals surface area (Å²) in [5, 5.41) is 4.53. The van der Waals surface area contributed by atoms with Crippen molar-refractivity contribution in [2.24, 2.45) is 0 Å². The highest BCUT2D eigenvalue weighted by Crippen LogP contribution is 2.53. The number of benzene rings is 7. The molecule has 0 radical (unpaired) electrons. The maximum Gasteiger partial charge on any atom is 0.167 e. The van der Waals surface area contributed by atoms with E-state index >= 15 is 0 Å². The Balaban J connectivity index is 1.25. The lowest BCUT2D eigenvalue weighted by Crippen LogP contribution is -2.16. The number of aromatic nitrogens is 4. The van der Waals surface area contributed by atoms with E-state index < -0.39 is 0 Å². The minimum absolute atomic E-state index is 0.207. The molecule has 0 amide bonds. The van der Waals surface area contributed by atoms with Crippen molar-refractivity contribution in [1.82, 2.24) is 19.5 Å². The van der Waals surface area contributed by atoms with Gasteiger partial charge in [-0.25, -0.2) is 15.0 Å². The molecule has 1 aliphatic rings. The second kappa shape index (κ2) is 11.1. The van der Waals surface area contributed by atoms with E-state index in [2.05, 4.69) is 103 Å². The van der Waals surface area contributed by atoms with Gasteiger partial charge >= 0.3 is 0 Å². The van der Waals surface area contributed by atoms with Crippen LogP contribution < -0.4 is 0 Å². The summed E-state index contributed by atoms with van der Waals surface area (Å²) in [5.74, 6) is 1.79. The van der Waals surface area contributed by atoms with Gasteiger partial charge in [0.15, 0.2) is 17.5 Å². The largest absolute Gasteiger partial charge is 0.455 e. The van der Waals surface area contributed by atoms with E-state index in [1.807, 2.05) is 72.8 Å². The van der Waals surface area contributed by atoms with Crippen LogP contribution >= 0.6 is 0 Å². The molecule has 0 atom stereocenters. The first kappa shape index (κ1) is 29.8. The molecule has 0 N–H and O–H groups in total. The van der Waals surface area contributed by atoms with Gasteiger partial charge in [0.2, 0.25) is 0 Å². The van der Waals surface area contributed by atoms with Crippen molar-refractivity contribution in [1.29, 1.82) is 0 Å². The fourth-order valence-electron chi connectivity index (χ4n) is 8.66. The van der Waals surface area contributed by atoms with Crippen LogP contribution in [-0.4, -0.2) is 19.5 Å². The number of rotatable bonds is 4. The summed E-state index contributed by atoms with van der Waals surface area (Å²) in [6, 6.07) is 55.1. The van der Waals surface area contributed by atoms with Crippen molar-refractivity contribution in [3.8, 4) is 51.0 Å². The average Bonchev–Trinajstić information content (AvgIpc) is 3.84. The van der Waals surface area contributed by atoms with Gasteiger partial charge in [-0.3, -0.25) is 0 Å². The SMILES string of the molecule is CC1(C)c2ccccc2-c2ccc3c4ccccc4n(-c4ccc(-c5nc(-c6ccccc6)nc(-c6ccccc6)n5)c5oc6ccccc6c45)c3c21. The number of para-hydroxylation sites is 2. The van der Waals surface area contributed by atoms with Gasteiger partial charge in [0, 0.05) is 32.7 Å². The minimum Gasteiger partial charge on any atom is -0.455 e. The molecule has 5 heteroatoms. The topological polar surface area (TPSA) is 56.7 Å². The predicted molar refractivity (Wildman–Crippen MR) is 215 cm³/mol. The first-order chi connectivity index (χ1) is 26.1. The number of hydrogen-bond acceptors (Lipinski definition) is 4. The number of fused-ring (bicyclic) bond motifs is 10. The Morgan fingerprint density at radius 1 is 0.491 bits per heavy atom. The third-order valence-electron chi connectivity index (χ3n) is 11.0. The van der Waals surface area contributed by atoms with E-state index in [9.17, 15) is 0 Å². The molecule has 3 heterocycles. The number of hydrogen-bond donors (Lipinski definition) is 0. The van der Waals surface area contributed by atoms with Gasteiger partial charge in [0.1, 0.15) is 11.2 Å². The number of nitrogens with zero attached hydrogens (tertiary/aromatic N) is 4. The maximum absolute atomic E-state index is 6.86. The van der Waals surface area contributed by atoms with Gasteiger partial charge in [0.05, 0.1) is 27.7 Å². The summed E-state index contributed by atoms with van der Waals surface area (Å²) in [7, 11) is 0. The molecule has 1 aliphatic carbocycles. The molecule has 53 heavy (non-hydrogen) atoms. The Bertz CT molecular complexity index is 3020. The fraction of sp³-hybridized carbons (Fsp3) is 0.0625. The highest BCUT2D eigenvalue weighted by molar-refractivity contribution is 6.18. The molecule has 0 fully saturated rings. The van der Waals surface area contributed by atoms with Crippen LogP contribution in [0.5, 0.6) is 0 Å². The summed E-state index contributed by atoms with van der Waals surface area (Å²) in [4.78, 5) is 15.2. The smallest absolute Gasteiger partial charge is 0.167 e. The normalized spacial score (nSPS) is 13.2. The zero-order valence-electron chi connectivity index (χ0n) is 29.2. The van der Waals surface area contributed by atoms with E-state index in [1.54, 1.807) is 0 Å². The first-order valence-corrected chi connectivity index (χ1v) is 18.0. The quantitative estimate of drug-likeness (QED) is 0.186. The van der Waals surface area contributed by atoms with Crippen molar-refractivity contribution in [2.75, 3.05) is 0 Å². The van der Waals surface area contributed by atoms with E-state index in [4.69, 9.17) is 19.4 Å². The second-order valence-electron chi connectivity index (χ2n) is 14.4. The van der Waals surface area contributed by atoms with Crippen LogP contribution in [0.25, 0.3) is 94.7 Å². The predicted octanol–water partition coefficient (Wildman–Crippen LogP) is 12.2. The van der Waals surface area contributed by atoms with Crippen molar-refractivity contribution in [3.63, 3.8) is 0 Å². The second-order valence-corrected chi connectivity index (χ2v) is 14.4. The molecule has 0 bridgehead atoms. The average molecular weight is 681 g/mol. The maximum atomic E-state index is 6.86. The molecule has 3 aromatic heterocycles. The summed E-state index contributed by atoms with van der Waals surface area (Å²) in [6.07, 6.45) is 0. The van der Waals surface area contributed by atoms with Gasteiger partial charge in [-0.15, -0.1) is 0 Å². The lowest BCUT2D eigenvalue weighted by Gasteiger charge is -2.24. The van der Waals surface area contributed by atoms with E-state index in [0.717, 1.165) is 49.8 Å². The van der Waals surface area contributed by atoms with Gasteiger partial charge < -0.3 is 8.98 Å². The van der Waals surface area contributed by atoms with E-state index in [1.165, 1.54) is 38.5 Å². The lowest BCUT2D eigenvalue weighted by atomic mass is 9.81. The number of furan rings is 1. The summed E-state index contributed by atoms with van der Waals surface area (Å²) in [5.41, 5.74) is 12.7. The van der Waals surface area contributed by atoms with Crippen molar-refractivity contribution in [3.05, 3.63) is 169 Å². The molecule has 7 aromatic carbocycles.